The summed E-state index contributed by atoms with van der Waals surface area (Å²) in [5.74, 6) is -1.55. The molecular weight excluding hydrogens is 232 g/mol. The molecule has 1 unspecified atom stereocenters. The first-order valence-corrected chi connectivity index (χ1v) is 6.81. The SMILES string of the molecule is CCCCCCCC(NC)c1ccc(F)c(F)c1. The van der Waals surface area contributed by atoms with Crippen LogP contribution in [0.5, 0.6) is 0 Å². The van der Waals surface area contributed by atoms with Crippen LogP contribution in [0.1, 0.15) is 57.1 Å². The molecule has 1 N–H and O–H groups in total. The van der Waals surface area contributed by atoms with Crippen molar-refractivity contribution in [2.75, 3.05) is 7.05 Å². The average molecular weight is 255 g/mol. The lowest BCUT2D eigenvalue weighted by molar-refractivity contribution is 0.483. The van der Waals surface area contributed by atoms with Crippen LogP contribution in [0.25, 0.3) is 0 Å². The Balaban J connectivity index is 2.47. The van der Waals surface area contributed by atoms with E-state index in [0.29, 0.717) is 0 Å². The van der Waals surface area contributed by atoms with E-state index in [-0.39, 0.29) is 6.04 Å². The maximum Gasteiger partial charge on any atom is 0.159 e. The minimum atomic E-state index is -0.781. The first-order chi connectivity index (χ1) is 8.69. The van der Waals surface area contributed by atoms with Gasteiger partial charge in [0.05, 0.1) is 0 Å². The zero-order chi connectivity index (χ0) is 13.4. The number of benzene rings is 1. The van der Waals surface area contributed by atoms with Gasteiger partial charge in [0, 0.05) is 6.04 Å². The van der Waals surface area contributed by atoms with Gasteiger partial charge in [-0.15, -0.1) is 0 Å². The van der Waals surface area contributed by atoms with Crippen LogP contribution >= 0.6 is 0 Å². The van der Waals surface area contributed by atoms with Crippen LogP contribution in [-0.2, 0) is 0 Å². The molecule has 3 heteroatoms. The second-order valence-electron chi connectivity index (χ2n) is 4.72. The van der Waals surface area contributed by atoms with Gasteiger partial charge in [-0.2, -0.15) is 0 Å². The highest BCUT2D eigenvalue weighted by Crippen LogP contribution is 2.21. The number of halogens is 2. The Bertz CT molecular complexity index is 352. The van der Waals surface area contributed by atoms with Gasteiger partial charge in [0.2, 0.25) is 0 Å². The number of rotatable bonds is 8. The molecule has 0 aliphatic carbocycles. The minimum absolute atomic E-state index is 0.113. The summed E-state index contributed by atoms with van der Waals surface area (Å²) < 4.78 is 26.0. The van der Waals surface area contributed by atoms with Crippen LogP contribution < -0.4 is 5.32 Å². The smallest absolute Gasteiger partial charge is 0.159 e. The van der Waals surface area contributed by atoms with Crippen LogP contribution in [0.2, 0.25) is 0 Å². The van der Waals surface area contributed by atoms with Gasteiger partial charge in [-0.25, -0.2) is 8.78 Å². The molecule has 1 atom stereocenters. The fraction of sp³-hybridized carbons (Fsp3) is 0.600. The Kier molecular flexibility index (Phi) is 6.88. The van der Waals surface area contributed by atoms with Crippen molar-refractivity contribution in [2.45, 2.75) is 51.5 Å². The monoisotopic (exact) mass is 255 g/mol. The Morgan fingerprint density at radius 3 is 2.39 bits per heavy atom. The van der Waals surface area contributed by atoms with Gasteiger partial charge in [-0.3, -0.25) is 0 Å². The Labute approximate surface area is 109 Å². The maximum atomic E-state index is 13.2. The Hall–Kier alpha value is -0.960. The predicted octanol–water partition coefficient (Wildman–Crippen LogP) is 4.59. The van der Waals surface area contributed by atoms with Crippen molar-refractivity contribution >= 4 is 0 Å². The molecule has 0 amide bonds. The van der Waals surface area contributed by atoms with Crippen molar-refractivity contribution in [1.29, 1.82) is 0 Å². The van der Waals surface area contributed by atoms with Crippen molar-refractivity contribution in [3.63, 3.8) is 0 Å². The summed E-state index contributed by atoms with van der Waals surface area (Å²) in [7, 11) is 1.86. The number of hydrogen-bond acceptors (Lipinski definition) is 1. The fourth-order valence-electron chi connectivity index (χ4n) is 2.16. The van der Waals surface area contributed by atoms with Crippen molar-refractivity contribution in [1.82, 2.24) is 5.32 Å². The van der Waals surface area contributed by atoms with Crippen LogP contribution in [0.4, 0.5) is 8.78 Å². The van der Waals surface area contributed by atoms with E-state index in [1.807, 2.05) is 7.05 Å². The molecule has 0 bridgehead atoms. The van der Waals surface area contributed by atoms with Gasteiger partial charge < -0.3 is 5.32 Å². The first kappa shape index (κ1) is 15.1. The van der Waals surface area contributed by atoms with Crippen LogP contribution in [-0.4, -0.2) is 7.05 Å². The lowest BCUT2D eigenvalue weighted by Crippen LogP contribution is -2.16. The van der Waals surface area contributed by atoms with Gasteiger partial charge in [0.1, 0.15) is 0 Å². The van der Waals surface area contributed by atoms with Crippen molar-refractivity contribution < 1.29 is 8.78 Å². The molecule has 0 radical (unpaired) electrons. The van der Waals surface area contributed by atoms with Gasteiger partial charge in [0.15, 0.2) is 11.6 Å². The molecule has 1 aromatic carbocycles. The summed E-state index contributed by atoms with van der Waals surface area (Å²) in [6, 6.07) is 4.27. The van der Waals surface area contributed by atoms with Crippen LogP contribution in [0.15, 0.2) is 18.2 Å². The summed E-state index contributed by atoms with van der Waals surface area (Å²) >= 11 is 0. The van der Waals surface area contributed by atoms with Gasteiger partial charge in [-0.1, -0.05) is 45.1 Å². The van der Waals surface area contributed by atoms with Gasteiger partial charge >= 0.3 is 0 Å². The summed E-state index contributed by atoms with van der Waals surface area (Å²) in [5.41, 5.74) is 0.826. The lowest BCUT2D eigenvalue weighted by atomic mass is 10.00. The van der Waals surface area contributed by atoms with E-state index in [2.05, 4.69) is 12.2 Å². The van der Waals surface area contributed by atoms with E-state index in [9.17, 15) is 8.78 Å². The van der Waals surface area contributed by atoms with E-state index in [1.54, 1.807) is 6.07 Å². The standard InChI is InChI=1S/C15H23F2N/c1-3-4-5-6-7-8-15(18-2)12-9-10-13(16)14(17)11-12/h9-11,15,18H,3-8H2,1-2H3. The van der Waals surface area contributed by atoms with Crippen molar-refractivity contribution in [3.8, 4) is 0 Å². The zero-order valence-corrected chi connectivity index (χ0v) is 11.3. The highest BCUT2D eigenvalue weighted by Gasteiger charge is 2.11. The van der Waals surface area contributed by atoms with E-state index in [0.717, 1.165) is 18.4 Å². The summed E-state index contributed by atoms with van der Waals surface area (Å²) in [6.45, 7) is 2.19. The molecule has 102 valence electrons. The van der Waals surface area contributed by atoms with E-state index in [1.165, 1.54) is 37.8 Å². The zero-order valence-electron chi connectivity index (χ0n) is 11.3. The largest absolute Gasteiger partial charge is 0.313 e. The lowest BCUT2D eigenvalue weighted by Gasteiger charge is -2.16. The fourth-order valence-corrected chi connectivity index (χ4v) is 2.16. The van der Waals surface area contributed by atoms with Crippen LogP contribution in [0.3, 0.4) is 0 Å². The first-order valence-electron chi connectivity index (χ1n) is 6.81. The number of hydrogen-bond donors (Lipinski definition) is 1. The predicted molar refractivity (Wildman–Crippen MR) is 71.5 cm³/mol. The maximum absolute atomic E-state index is 13.2. The minimum Gasteiger partial charge on any atom is -0.313 e. The molecule has 0 aromatic heterocycles. The molecule has 0 fully saturated rings. The molecule has 0 aliphatic rings. The second-order valence-corrected chi connectivity index (χ2v) is 4.72. The molecule has 0 saturated carbocycles. The number of unbranched alkanes of at least 4 members (excludes halogenated alkanes) is 4. The van der Waals surface area contributed by atoms with Gasteiger partial charge in [0.25, 0.3) is 0 Å². The van der Waals surface area contributed by atoms with E-state index >= 15 is 0 Å². The van der Waals surface area contributed by atoms with Gasteiger partial charge in [-0.05, 0) is 31.2 Å². The molecule has 0 saturated heterocycles. The normalized spacial score (nSPS) is 12.7. The summed E-state index contributed by atoms with van der Waals surface area (Å²) in [4.78, 5) is 0. The molecule has 0 heterocycles. The second kappa shape index (κ2) is 8.20. The van der Waals surface area contributed by atoms with Crippen LogP contribution in [0, 0.1) is 11.6 Å². The van der Waals surface area contributed by atoms with Crippen molar-refractivity contribution in [2.24, 2.45) is 0 Å². The third kappa shape index (κ3) is 4.73. The molecule has 0 spiro atoms. The number of nitrogens with one attached hydrogen (secondary N) is 1. The molecule has 0 aliphatic heterocycles. The Morgan fingerprint density at radius 2 is 1.78 bits per heavy atom. The van der Waals surface area contributed by atoms with E-state index in [4.69, 9.17) is 0 Å². The molecule has 18 heavy (non-hydrogen) atoms. The third-order valence-corrected chi connectivity index (χ3v) is 3.29. The molecule has 1 aromatic rings. The quantitative estimate of drug-likeness (QED) is 0.670. The van der Waals surface area contributed by atoms with Crippen molar-refractivity contribution in [3.05, 3.63) is 35.4 Å². The molecule has 1 rings (SSSR count). The summed E-state index contributed by atoms with van der Waals surface area (Å²) in [5, 5.41) is 3.17. The third-order valence-electron chi connectivity index (χ3n) is 3.29. The molecule has 1 nitrogen and oxygen atoms in total. The topological polar surface area (TPSA) is 12.0 Å². The Morgan fingerprint density at radius 1 is 1.06 bits per heavy atom. The highest BCUT2D eigenvalue weighted by atomic mass is 19.2. The van der Waals surface area contributed by atoms with E-state index < -0.39 is 11.6 Å². The average Bonchev–Trinajstić information content (AvgIpc) is 2.37. The molecular formula is C15H23F2N. The highest BCUT2D eigenvalue weighted by molar-refractivity contribution is 5.21. The summed E-state index contributed by atoms with van der Waals surface area (Å²) in [6.07, 6.45) is 7.05.